The van der Waals surface area contributed by atoms with Crippen molar-refractivity contribution >= 4 is 22.7 Å². The summed E-state index contributed by atoms with van der Waals surface area (Å²) in [5, 5.41) is 23.9. The number of benzene rings is 2. The van der Waals surface area contributed by atoms with Gasteiger partial charge in [-0.25, -0.2) is 4.74 Å². The van der Waals surface area contributed by atoms with Gasteiger partial charge in [0.25, 0.3) is 11.4 Å². The largest absolute Gasteiger partial charge is 0.540 e. The molecule has 0 amide bonds. The number of nitrogens with one attached hydrogen (secondary N) is 1. The first-order chi connectivity index (χ1) is 14.1. The highest BCUT2D eigenvalue weighted by Gasteiger charge is 2.54. The maximum Gasteiger partial charge on any atom is 0.540 e. The second kappa shape index (κ2) is 6.93. The Bertz CT molecular complexity index is 1090. The molecule has 0 fully saturated rings. The normalized spacial score (nSPS) is 16.7. The van der Waals surface area contributed by atoms with Gasteiger partial charge in [0.2, 0.25) is 0 Å². The monoisotopic (exact) mass is 457 g/mol. The minimum Gasteiger partial charge on any atom is -0.409 e. The van der Waals surface area contributed by atoms with Crippen LogP contribution in [0.3, 0.4) is 0 Å². The molecular formula is C15H6F7N3O6. The number of hydrogen-bond donors (Lipinski definition) is 1. The zero-order valence-corrected chi connectivity index (χ0v) is 14.4. The third kappa shape index (κ3) is 4.27. The lowest BCUT2D eigenvalue weighted by atomic mass is 10.1. The predicted octanol–water partition coefficient (Wildman–Crippen LogP) is 5.27. The molecule has 0 spiro atoms. The van der Waals surface area contributed by atoms with Gasteiger partial charge in [0, 0.05) is 11.8 Å². The van der Waals surface area contributed by atoms with Gasteiger partial charge in [-0.15, -0.1) is 8.78 Å². The van der Waals surface area contributed by atoms with Crippen molar-refractivity contribution in [2.75, 3.05) is 5.32 Å². The quantitative estimate of drug-likeness (QED) is 0.378. The SMILES string of the molecule is O=[N+]([O-])c1cc([N+](=O)[O-])c(Nc2ccc3c(c2)C(F)(F)OC(F)(F)O3)c(C(F)(F)F)c1. The van der Waals surface area contributed by atoms with Crippen LogP contribution in [0.1, 0.15) is 11.1 Å². The zero-order chi connectivity index (χ0) is 23.4. The van der Waals surface area contributed by atoms with Crippen LogP contribution in [0.2, 0.25) is 0 Å². The van der Waals surface area contributed by atoms with Crippen molar-refractivity contribution in [2.24, 2.45) is 0 Å². The Morgan fingerprint density at radius 3 is 2.16 bits per heavy atom. The second-order valence-corrected chi connectivity index (χ2v) is 5.92. The number of nitrogens with zero attached hydrogens (tertiary/aromatic N) is 2. The fraction of sp³-hybridized carbons (Fsp3) is 0.200. The van der Waals surface area contributed by atoms with Crippen molar-refractivity contribution in [3.63, 3.8) is 0 Å². The van der Waals surface area contributed by atoms with Crippen molar-refractivity contribution in [1.82, 2.24) is 0 Å². The number of ether oxygens (including phenoxy) is 2. The first kappa shape index (κ1) is 22.0. The molecule has 0 saturated carbocycles. The molecule has 0 radical (unpaired) electrons. The number of fused-ring (bicyclic) bond motifs is 1. The molecule has 2 aromatic carbocycles. The molecule has 9 nitrogen and oxygen atoms in total. The summed E-state index contributed by atoms with van der Waals surface area (Å²) >= 11 is 0. The molecule has 0 aromatic heterocycles. The summed E-state index contributed by atoms with van der Waals surface area (Å²) in [5.41, 5.74) is -7.71. The minimum absolute atomic E-state index is 0.00905. The lowest BCUT2D eigenvalue weighted by Gasteiger charge is -2.30. The molecule has 0 unspecified atom stereocenters. The van der Waals surface area contributed by atoms with Crippen LogP contribution in [0.25, 0.3) is 0 Å². The molecule has 0 bridgehead atoms. The van der Waals surface area contributed by atoms with Crippen molar-refractivity contribution in [3.8, 4) is 5.75 Å². The summed E-state index contributed by atoms with van der Waals surface area (Å²) in [5.74, 6) is -1.05. The van der Waals surface area contributed by atoms with Crippen molar-refractivity contribution < 1.29 is 50.1 Å². The smallest absolute Gasteiger partial charge is 0.409 e. The van der Waals surface area contributed by atoms with E-state index in [2.05, 4.69) is 9.47 Å². The van der Waals surface area contributed by atoms with Crippen LogP contribution in [0, 0.1) is 20.2 Å². The van der Waals surface area contributed by atoms with E-state index in [9.17, 15) is 51.0 Å². The van der Waals surface area contributed by atoms with E-state index in [0.29, 0.717) is 12.1 Å². The van der Waals surface area contributed by atoms with Crippen LogP contribution in [-0.2, 0) is 17.0 Å². The number of alkyl halides is 7. The maximum atomic E-state index is 13.9. The molecule has 16 heteroatoms. The third-order valence-corrected chi connectivity index (χ3v) is 3.85. The van der Waals surface area contributed by atoms with Gasteiger partial charge in [-0.1, -0.05) is 0 Å². The summed E-state index contributed by atoms with van der Waals surface area (Å²) in [4.78, 5) is 19.4. The van der Waals surface area contributed by atoms with E-state index in [-0.39, 0.29) is 12.1 Å². The highest BCUT2D eigenvalue weighted by molar-refractivity contribution is 5.77. The van der Waals surface area contributed by atoms with E-state index < -0.39 is 68.1 Å². The van der Waals surface area contributed by atoms with E-state index in [1.807, 2.05) is 5.32 Å². The Morgan fingerprint density at radius 1 is 0.968 bits per heavy atom. The van der Waals surface area contributed by atoms with Gasteiger partial charge in [-0.2, -0.15) is 22.0 Å². The zero-order valence-electron chi connectivity index (χ0n) is 14.4. The van der Waals surface area contributed by atoms with Gasteiger partial charge >= 0.3 is 18.6 Å². The average Bonchev–Trinajstić information content (AvgIpc) is 2.59. The van der Waals surface area contributed by atoms with E-state index in [0.717, 1.165) is 6.07 Å². The van der Waals surface area contributed by atoms with E-state index in [1.54, 1.807) is 0 Å². The Kier molecular flexibility index (Phi) is 4.92. The number of non-ortho nitro benzene ring substituents is 1. The van der Waals surface area contributed by atoms with Gasteiger partial charge < -0.3 is 10.1 Å². The molecule has 1 N–H and O–H groups in total. The molecule has 2 aromatic rings. The number of rotatable bonds is 4. The number of hydrogen-bond acceptors (Lipinski definition) is 7. The summed E-state index contributed by atoms with van der Waals surface area (Å²) < 4.78 is 101. The number of nitro benzene ring substituents is 2. The van der Waals surface area contributed by atoms with Crippen molar-refractivity contribution in [1.29, 1.82) is 0 Å². The van der Waals surface area contributed by atoms with Crippen LogP contribution in [0.4, 0.5) is 53.5 Å². The number of anilines is 2. The third-order valence-electron chi connectivity index (χ3n) is 3.85. The highest BCUT2D eigenvalue weighted by atomic mass is 19.4. The minimum atomic E-state index is -5.33. The highest BCUT2D eigenvalue weighted by Crippen LogP contribution is 2.48. The first-order valence-electron chi connectivity index (χ1n) is 7.71. The Hall–Kier alpha value is -3.69. The summed E-state index contributed by atoms with van der Waals surface area (Å²) in [6.45, 7) is 0. The lowest BCUT2D eigenvalue weighted by Crippen LogP contribution is -2.41. The van der Waals surface area contributed by atoms with Gasteiger partial charge in [0.05, 0.1) is 27.0 Å². The van der Waals surface area contributed by atoms with Gasteiger partial charge in [0.1, 0.15) is 11.4 Å². The molecule has 31 heavy (non-hydrogen) atoms. The van der Waals surface area contributed by atoms with E-state index in [4.69, 9.17) is 0 Å². The van der Waals surface area contributed by atoms with Gasteiger partial charge in [-0.3, -0.25) is 20.2 Å². The number of halogens is 7. The van der Waals surface area contributed by atoms with E-state index in [1.165, 1.54) is 0 Å². The Labute approximate surface area is 165 Å². The van der Waals surface area contributed by atoms with Crippen LogP contribution in [-0.4, -0.2) is 16.1 Å². The fourth-order valence-corrected chi connectivity index (χ4v) is 2.64. The van der Waals surface area contributed by atoms with Gasteiger partial charge in [-0.05, 0) is 18.2 Å². The first-order valence-corrected chi connectivity index (χ1v) is 7.71. The standard InChI is InChI=1S/C15H6F7N3O6/c16-13(17,18)9-4-7(24(26)27)5-10(25(28)29)12(9)23-6-1-2-11-8(3-6)14(19,20)31-15(21,22)30-11/h1-5,23H. The van der Waals surface area contributed by atoms with Crippen LogP contribution in [0.5, 0.6) is 5.75 Å². The van der Waals surface area contributed by atoms with E-state index >= 15 is 0 Å². The molecule has 166 valence electrons. The maximum absolute atomic E-state index is 13.9. The lowest BCUT2D eigenvalue weighted by molar-refractivity contribution is -0.461. The molecule has 1 aliphatic rings. The van der Waals surface area contributed by atoms with Crippen LogP contribution < -0.4 is 10.1 Å². The second-order valence-electron chi connectivity index (χ2n) is 5.92. The van der Waals surface area contributed by atoms with Crippen molar-refractivity contribution in [3.05, 3.63) is 61.7 Å². The fourth-order valence-electron chi connectivity index (χ4n) is 2.64. The molecule has 3 rings (SSSR count). The topological polar surface area (TPSA) is 117 Å². The number of nitro groups is 2. The molecule has 1 heterocycles. The van der Waals surface area contributed by atoms with Crippen LogP contribution >= 0.6 is 0 Å². The summed E-state index contributed by atoms with van der Waals surface area (Å²) in [7, 11) is 0. The van der Waals surface area contributed by atoms with Crippen LogP contribution in [0.15, 0.2) is 30.3 Å². The molecular weight excluding hydrogens is 451 g/mol. The Morgan fingerprint density at radius 2 is 1.61 bits per heavy atom. The van der Waals surface area contributed by atoms with Crippen molar-refractivity contribution in [2.45, 2.75) is 18.6 Å². The Balaban J connectivity index is 2.15. The molecule has 0 atom stereocenters. The summed E-state index contributed by atoms with van der Waals surface area (Å²) in [6, 6.07) is 1.89. The average molecular weight is 457 g/mol. The van der Waals surface area contributed by atoms with Gasteiger partial charge in [0.15, 0.2) is 0 Å². The molecule has 1 aliphatic heterocycles. The molecule has 0 aliphatic carbocycles. The predicted molar refractivity (Wildman–Crippen MR) is 85.0 cm³/mol. The molecule has 0 saturated heterocycles. The summed E-state index contributed by atoms with van der Waals surface area (Å²) in [6.07, 6.45) is -14.6.